The lowest BCUT2D eigenvalue weighted by Gasteiger charge is -2.08. The van der Waals surface area contributed by atoms with Gasteiger partial charge in [0, 0.05) is 45.2 Å². The first-order valence-electron chi connectivity index (χ1n) is 7.93. The van der Waals surface area contributed by atoms with Crippen LogP contribution < -0.4 is 10.9 Å². The molecule has 4 rings (SSSR count). The van der Waals surface area contributed by atoms with Crippen LogP contribution in [0, 0.1) is 13.8 Å². The van der Waals surface area contributed by atoms with E-state index < -0.39 is 0 Å². The number of nitrogens with one attached hydrogen (secondary N) is 2. The van der Waals surface area contributed by atoms with E-state index in [1.165, 1.54) is 0 Å². The zero-order chi connectivity index (χ0) is 17.6. The van der Waals surface area contributed by atoms with Gasteiger partial charge in [-0.15, -0.1) is 0 Å². The highest BCUT2D eigenvalue weighted by molar-refractivity contribution is 6.31. The van der Waals surface area contributed by atoms with Crippen LogP contribution in [-0.2, 0) is 6.54 Å². The summed E-state index contributed by atoms with van der Waals surface area (Å²) >= 11 is 6.03. The largest absolute Gasteiger partial charge is 0.381 e. The molecule has 0 unspecified atom stereocenters. The summed E-state index contributed by atoms with van der Waals surface area (Å²) in [5, 5.41) is 9.86. The Morgan fingerprint density at radius 1 is 1.20 bits per heavy atom. The molecule has 2 aromatic heterocycles. The molecule has 25 heavy (non-hydrogen) atoms. The molecular formula is C19H16ClN3O2. The maximum Gasteiger partial charge on any atom is 0.253 e. The third-order valence-electron chi connectivity index (χ3n) is 4.31. The van der Waals surface area contributed by atoms with Crippen LogP contribution in [0.5, 0.6) is 0 Å². The van der Waals surface area contributed by atoms with Crippen LogP contribution in [0.4, 0.5) is 5.69 Å². The van der Waals surface area contributed by atoms with Crippen molar-refractivity contribution in [1.82, 2.24) is 10.1 Å². The lowest BCUT2D eigenvalue weighted by Crippen LogP contribution is -2.15. The fraction of sp³-hybridized carbons (Fsp3) is 0.158. The van der Waals surface area contributed by atoms with Gasteiger partial charge in [-0.1, -0.05) is 16.8 Å². The van der Waals surface area contributed by atoms with Gasteiger partial charge in [-0.3, -0.25) is 4.79 Å². The zero-order valence-corrected chi connectivity index (χ0v) is 14.6. The summed E-state index contributed by atoms with van der Waals surface area (Å²) in [5.74, 6) is 0. The Bertz CT molecular complexity index is 1160. The molecule has 0 saturated carbocycles. The third kappa shape index (κ3) is 2.87. The first-order chi connectivity index (χ1) is 12.0. The van der Waals surface area contributed by atoms with Crippen LogP contribution >= 0.6 is 11.6 Å². The van der Waals surface area contributed by atoms with Crippen LogP contribution in [-0.4, -0.2) is 10.1 Å². The number of anilines is 1. The highest BCUT2D eigenvalue weighted by atomic mass is 35.5. The Morgan fingerprint density at radius 3 is 2.88 bits per heavy atom. The number of H-pyrrole nitrogens is 1. The fourth-order valence-electron chi connectivity index (χ4n) is 3.11. The molecule has 0 spiro atoms. The monoisotopic (exact) mass is 353 g/mol. The number of fused-ring (bicyclic) bond motifs is 2. The van der Waals surface area contributed by atoms with Gasteiger partial charge in [0.2, 0.25) is 0 Å². The molecule has 4 aromatic rings. The summed E-state index contributed by atoms with van der Waals surface area (Å²) in [6.45, 7) is 4.34. The number of aromatic nitrogens is 2. The fourth-order valence-corrected chi connectivity index (χ4v) is 3.29. The Balaban J connectivity index is 1.66. The van der Waals surface area contributed by atoms with Crippen molar-refractivity contribution in [3.05, 3.63) is 68.6 Å². The molecule has 2 aromatic carbocycles. The maximum absolute atomic E-state index is 12.3. The van der Waals surface area contributed by atoms with E-state index in [1.54, 1.807) is 12.1 Å². The maximum atomic E-state index is 12.3. The number of pyridine rings is 1. The van der Waals surface area contributed by atoms with Gasteiger partial charge in [0.25, 0.3) is 5.56 Å². The van der Waals surface area contributed by atoms with Gasteiger partial charge < -0.3 is 14.8 Å². The minimum atomic E-state index is -0.115. The number of rotatable bonds is 3. The van der Waals surface area contributed by atoms with Gasteiger partial charge in [0.15, 0.2) is 5.58 Å². The molecule has 126 valence electrons. The van der Waals surface area contributed by atoms with E-state index in [2.05, 4.69) is 15.5 Å². The van der Waals surface area contributed by atoms with Crippen LogP contribution in [0.25, 0.3) is 21.9 Å². The Kier molecular flexibility index (Phi) is 3.73. The standard InChI is InChI=1S/C19H16ClN3O2/c1-10-5-15(8-17-18(10)11(2)23-25-17)21-9-13-6-12-7-14(20)3-4-16(12)22-19(13)24/h3-8,21H,9H2,1-2H3,(H,22,24). The van der Waals surface area contributed by atoms with E-state index in [4.69, 9.17) is 16.1 Å². The van der Waals surface area contributed by atoms with Crippen molar-refractivity contribution in [3.8, 4) is 0 Å². The normalized spacial score (nSPS) is 11.3. The highest BCUT2D eigenvalue weighted by Gasteiger charge is 2.10. The molecule has 0 aliphatic rings. The first-order valence-corrected chi connectivity index (χ1v) is 8.31. The average Bonchev–Trinajstić information content (AvgIpc) is 2.95. The quantitative estimate of drug-likeness (QED) is 0.566. The van der Waals surface area contributed by atoms with Crippen LogP contribution in [0.2, 0.25) is 5.02 Å². The van der Waals surface area contributed by atoms with Gasteiger partial charge >= 0.3 is 0 Å². The molecule has 0 saturated heterocycles. The third-order valence-corrected chi connectivity index (χ3v) is 4.54. The van der Waals surface area contributed by atoms with Crippen molar-refractivity contribution in [2.24, 2.45) is 0 Å². The number of aromatic amines is 1. The second kappa shape index (κ2) is 5.93. The number of hydrogen-bond donors (Lipinski definition) is 2. The van der Waals surface area contributed by atoms with Gasteiger partial charge in [-0.2, -0.15) is 0 Å². The molecule has 2 N–H and O–H groups in total. The van der Waals surface area contributed by atoms with Gasteiger partial charge in [0.05, 0.1) is 5.69 Å². The zero-order valence-electron chi connectivity index (χ0n) is 13.8. The molecular weight excluding hydrogens is 338 g/mol. The molecule has 0 aliphatic carbocycles. The summed E-state index contributed by atoms with van der Waals surface area (Å²) in [5.41, 5.74) is 4.87. The van der Waals surface area contributed by atoms with E-state index >= 15 is 0 Å². The molecule has 0 radical (unpaired) electrons. The number of halogens is 1. The van der Waals surface area contributed by atoms with E-state index in [0.29, 0.717) is 17.1 Å². The summed E-state index contributed by atoms with van der Waals surface area (Å²) in [6.07, 6.45) is 0. The number of benzene rings is 2. The van der Waals surface area contributed by atoms with Crippen molar-refractivity contribution in [1.29, 1.82) is 0 Å². The number of nitrogens with zero attached hydrogens (tertiary/aromatic N) is 1. The minimum absolute atomic E-state index is 0.115. The predicted octanol–water partition coefficient (Wildman–Crippen LogP) is 4.55. The van der Waals surface area contributed by atoms with Crippen LogP contribution in [0.3, 0.4) is 0 Å². The average molecular weight is 354 g/mol. The van der Waals surface area contributed by atoms with Gasteiger partial charge in [-0.05, 0) is 49.7 Å². The Labute approximate surface area is 148 Å². The molecule has 5 nitrogen and oxygen atoms in total. The Morgan fingerprint density at radius 2 is 2.04 bits per heavy atom. The summed E-state index contributed by atoms with van der Waals surface area (Å²) < 4.78 is 5.34. The molecule has 6 heteroatoms. The Hall–Kier alpha value is -2.79. The van der Waals surface area contributed by atoms with Crippen LogP contribution in [0.1, 0.15) is 16.8 Å². The molecule has 0 bridgehead atoms. The topological polar surface area (TPSA) is 70.9 Å². The van der Waals surface area contributed by atoms with Crippen molar-refractivity contribution < 1.29 is 4.52 Å². The molecule has 0 amide bonds. The molecule has 2 heterocycles. The lowest BCUT2D eigenvalue weighted by atomic mass is 10.1. The molecule has 0 aliphatic heterocycles. The van der Waals surface area contributed by atoms with E-state index in [9.17, 15) is 4.79 Å². The van der Waals surface area contributed by atoms with Crippen molar-refractivity contribution in [2.75, 3.05) is 5.32 Å². The van der Waals surface area contributed by atoms with Crippen LogP contribution in [0.15, 0.2) is 45.7 Å². The van der Waals surface area contributed by atoms with E-state index in [-0.39, 0.29) is 5.56 Å². The minimum Gasteiger partial charge on any atom is -0.381 e. The molecule has 0 atom stereocenters. The smallest absolute Gasteiger partial charge is 0.253 e. The lowest BCUT2D eigenvalue weighted by molar-refractivity contribution is 0.450. The van der Waals surface area contributed by atoms with Crippen molar-refractivity contribution in [3.63, 3.8) is 0 Å². The second-order valence-corrected chi connectivity index (χ2v) is 6.58. The number of hydrogen-bond acceptors (Lipinski definition) is 4. The summed E-state index contributed by atoms with van der Waals surface area (Å²) in [4.78, 5) is 15.1. The van der Waals surface area contributed by atoms with Gasteiger partial charge in [-0.25, -0.2) is 0 Å². The van der Waals surface area contributed by atoms with Gasteiger partial charge in [0.1, 0.15) is 0 Å². The predicted molar refractivity (Wildman–Crippen MR) is 100 cm³/mol. The SMILES string of the molecule is Cc1cc(NCc2cc3cc(Cl)ccc3[nH]c2=O)cc2onc(C)c12. The molecule has 0 fully saturated rings. The highest BCUT2D eigenvalue weighted by Crippen LogP contribution is 2.26. The van der Waals surface area contributed by atoms with E-state index in [0.717, 1.165) is 38.8 Å². The number of aryl methyl sites for hydroxylation is 2. The summed E-state index contributed by atoms with van der Waals surface area (Å²) in [7, 11) is 0. The van der Waals surface area contributed by atoms with E-state index in [1.807, 2.05) is 38.1 Å². The summed E-state index contributed by atoms with van der Waals surface area (Å²) in [6, 6.07) is 11.2. The first kappa shape index (κ1) is 15.7. The van der Waals surface area contributed by atoms with Crippen molar-refractivity contribution >= 4 is 39.2 Å². The second-order valence-electron chi connectivity index (χ2n) is 6.14. The van der Waals surface area contributed by atoms with Crippen molar-refractivity contribution in [2.45, 2.75) is 20.4 Å².